The Morgan fingerprint density at radius 1 is 1.07 bits per heavy atom. The number of thioether (sulfide) groups is 1. The lowest BCUT2D eigenvalue weighted by Gasteiger charge is -2.24. The summed E-state index contributed by atoms with van der Waals surface area (Å²) in [7, 11) is 0. The summed E-state index contributed by atoms with van der Waals surface area (Å²) in [6.07, 6.45) is 3.29. The van der Waals surface area contributed by atoms with Gasteiger partial charge in [0.25, 0.3) is 0 Å². The van der Waals surface area contributed by atoms with Crippen molar-refractivity contribution in [3.8, 4) is 5.69 Å². The van der Waals surface area contributed by atoms with Crippen LogP contribution in [-0.2, 0) is 4.79 Å². The van der Waals surface area contributed by atoms with E-state index < -0.39 is 0 Å². The van der Waals surface area contributed by atoms with Crippen LogP contribution < -0.4 is 4.90 Å². The van der Waals surface area contributed by atoms with E-state index in [0.29, 0.717) is 6.54 Å². The van der Waals surface area contributed by atoms with Gasteiger partial charge in [-0.05, 0) is 38.1 Å². The number of anilines is 1. The van der Waals surface area contributed by atoms with E-state index in [0.717, 1.165) is 27.4 Å². The van der Waals surface area contributed by atoms with Crippen LogP contribution in [-0.4, -0.2) is 37.5 Å². The number of carbonyl (C=O) groups is 1. The summed E-state index contributed by atoms with van der Waals surface area (Å²) < 4.78 is 1.79. The van der Waals surface area contributed by atoms with Gasteiger partial charge in [-0.25, -0.2) is 14.6 Å². The Morgan fingerprint density at radius 3 is 2.45 bits per heavy atom. The van der Waals surface area contributed by atoms with E-state index in [9.17, 15) is 4.79 Å². The zero-order valence-corrected chi connectivity index (χ0v) is 17.1. The summed E-state index contributed by atoms with van der Waals surface area (Å²) in [5, 5.41) is 5.77. The molecule has 1 amide bonds. The minimum atomic E-state index is -0.298. The van der Waals surface area contributed by atoms with E-state index in [1.54, 1.807) is 15.8 Å². The quantitative estimate of drug-likeness (QED) is 0.354. The summed E-state index contributed by atoms with van der Waals surface area (Å²) in [6.45, 7) is 4.50. The molecule has 2 aromatic carbocycles. The average molecular weight is 404 g/mol. The van der Waals surface area contributed by atoms with Crippen LogP contribution >= 0.6 is 11.8 Å². The maximum Gasteiger partial charge on any atom is 0.240 e. The van der Waals surface area contributed by atoms with Crippen molar-refractivity contribution in [2.24, 2.45) is 0 Å². The molecule has 0 saturated heterocycles. The summed E-state index contributed by atoms with van der Waals surface area (Å²) in [6, 6.07) is 19.6. The average Bonchev–Trinajstić information content (AvgIpc) is 3.21. The van der Waals surface area contributed by atoms with E-state index in [-0.39, 0.29) is 11.2 Å². The summed E-state index contributed by atoms with van der Waals surface area (Å²) in [4.78, 5) is 23.7. The minimum absolute atomic E-state index is 0.0471. The zero-order valence-electron chi connectivity index (χ0n) is 16.3. The first-order valence-corrected chi connectivity index (χ1v) is 10.3. The molecule has 0 N–H and O–H groups in total. The van der Waals surface area contributed by atoms with Crippen LogP contribution in [0.25, 0.3) is 16.7 Å². The number of carbonyl (C=O) groups excluding carboxylic acids is 1. The predicted molar refractivity (Wildman–Crippen MR) is 116 cm³/mol. The molecule has 0 unspecified atom stereocenters. The van der Waals surface area contributed by atoms with Gasteiger partial charge < -0.3 is 4.90 Å². The number of hydrogen-bond acceptors (Lipinski definition) is 5. The van der Waals surface area contributed by atoms with Gasteiger partial charge in [-0.15, -0.1) is 0 Å². The van der Waals surface area contributed by atoms with Crippen molar-refractivity contribution >= 4 is 34.4 Å². The molecule has 146 valence electrons. The van der Waals surface area contributed by atoms with E-state index in [1.165, 1.54) is 18.1 Å². The third-order valence-electron chi connectivity index (χ3n) is 4.62. The lowest BCUT2D eigenvalue weighted by Crippen LogP contribution is -2.36. The van der Waals surface area contributed by atoms with Gasteiger partial charge in [0.1, 0.15) is 11.4 Å². The first kappa shape index (κ1) is 19.1. The Kier molecular flexibility index (Phi) is 5.57. The standard InChI is InChI=1S/C22H21N5OS/c1-3-26(17-10-6-4-7-11-17)22(28)16(2)29-21-19-14-25-27(20(19)23-15-24-21)18-12-8-5-9-13-18/h4-16H,3H2,1-2H3/t16-/m1/s1. The molecule has 7 heteroatoms. The van der Waals surface area contributed by atoms with Crippen LogP contribution in [0, 0.1) is 0 Å². The molecular formula is C22H21N5OS. The third kappa shape index (κ3) is 3.86. The second-order valence-corrected chi connectivity index (χ2v) is 7.82. The van der Waals surface area contributed by atoms with Gasteiger partial charge in [-0.2, -0.15) is 5.10 Å². The Hall–Kier alpha value is -3.19. The lowest BCUT2D eigenvalue weighted by molar-refractivity contribution is -0.117. The molecule has 6 nitrogen and oxygen atoms in total. The molecule has 29 heavy (non-hydrogen) atoms. The number of para-hydroxylation sites is 2. The van der Waals surface area contributed by atoms with Crippen LogP contribution in [0.5, 0.6) is 0 Å². The maximum atomic E-state index is 13.1. The van der Waals surface area contributed by atoms with Crippen molar-refractivity contribution in [2.45, 2.75) is 24.1 Å². The molecule has 0 fully saturated rings. The minimum Gasteiger partial charge on any atom is -0.312 e. The fourth-order valence-electron chi connectivity index (χ4n) is 3.19. The molecule has 4 aromatic rings. The maximum absolute atomic E-state index is 13.1. The fraction of sp³-hybridized carbons (Fsp3) is 0.182. The van der Waals surface area contributed by atoms with E-state index >= 15 is 0 Å². The Balaban J connectivity index is 1.61. The van der Waals surface area contributed by atoms with Gasteiger partial charge in [0.2, 0.25) is 5.91 Å². The van der Waals surface area contributed by atoms with Crippen LogP contribution in [0.3, 0.4) is 0 Å². The number of aromatic nitrogens is 4. The number of rotatable bonds is 6. The van der Waals surface area contributed by atoms with Crippen LogP contribution in [0.2, 0.25) is 0 Å². The van der Waals surface area contributed by atoms with Gasteiger partial charge >= 0.3 is 0 Å². The molecule has 0 aliphatic rings. The van der Waals surface area contributed by atoms with Crippen molar-refractivity contribution in [1.29, 1.82) is 0 Å². The van der Waals surface area contributed by atoms with Crippen molar-refractivity contribution < 1.29 is 4.79 Å². The van der Waals surface area contributed by atoms with Crippen LogP contribution in [0.1, 0.15) is 13.8 Å². The first-order chi connectivity index (χ1) is 14.2. The van der Waals surface area contributed by atoms with Gasteiger partial charge in [-0.1, -0.05) is 48.2 Å². The molecule has 0 aliphatic heterocycles. The van der Waals surface area contributed by atoms with Crippen molar-refractivity contribution in [2.75, 3.05) is 11.4 Å². The van der Waals surface area contributed by atoms with E-state index in [4.69, 9.17) is 0 Å². The number of benzene rings is 2. The second-order valence-electron chi connectivity index (χ2n) is 6.49. The molecule has 0 spiro atoms. The highest BCUT2D eigenvalue weighted by Gasteiger charge is 2.23. The monoisotopic (exact) mass is 403 g/mol. The highest BCUT2D eigenvalue weighted by atomic mass is 32.2. The smallest absolute Gasteiger partial charge is 0.240 e. The molecule has 4 rings (SSSR count). The van der Waals surface area contributed by atoms with Gasteiger partial charge in [-0.3, -0.25) is 4.79 Å². The highest BCUT2D eigenvalue weighted by Crippen LogP contribution is 2.30. The van der Waals surface area contributed by atoms with Crippen molar-refractivity contribution in [3.63, 3.8) is 0 Å². The molecule has 2 heterocycles. The molecule has 2 aromatic heterocycles. The molecule has 1 atom stereocenters. The topological polar surface area (TPSA) is 63.9 Å². The number of hydrogen-bond donors (Lipinski definition) is 0. The molecular weight excluding hydrogens is 382 g/mol. The van der Waals surface area contributed by atoms with Crippen molar-refractivity contribution in [1.82, 2.24) is 19.7 Å². The Bertz CT molecular complexity index is 1110. The summed E-state index contributed by atoms with van der Waals surface area (Å²) in [5.74, 6) is 0.0471. The van der Waals surface area contributed by atoms with Gasteiger partial charge in [0, 0.05) is 12.2 Å². The largest absolute Gasteiger partial charge is 0.312 e. The SMILES string of the molecule is CCN(C(=O)[C@@H](C)Sc1ncnc2c1cnn2-c1ccccc1)c1ccccc1. The first-order valence-electron chi connectivity index (χ1n) is 9.46. The predicted octanol–water partition coefficient (Wildman–Crippen LogP) is 4.35. The number of nitrogens with zero attached hydrogens (tertiary/aromatic N) is 5. The highest BCUT2D eigenvalue weighted by molar-refractivity contribution is 8.00. The van der Waals surface area contributed by atoms with Gasteiger partial charge in [0.15, 0.2) is 5.65 Å². The second kappa shape index (κ2) is 8.45. The van der Waals surface area contributed by atoms with Gasteiger partial charge in [0.05, 0.1) is 22.5 Å². The molecule has 0 aliphatic carbocycles. The van der Waals surface area contributed by atoms with Crippen molar-refractivity contribution in [3.05, 3.63) is 73.2 Å². The summed E-state index contributed by atoms with van der Waals surface area (Å²) >= 11 is 1.43. The molecule has 0 radical (unpaired) electrons. The zero-order chi connectivity index (χ0) is 20.2. The molecule has 0 saturated carbocycles. The fourth-order valence-corrected chi connectivity index (χ4v) is 4.13. The number of fused-ring (bicyclic) bond motifs is 1. The van der Waals surface area contributed by atoms with E-state index in [1.807, 2.05) is 74.5 Å². The Morgan fingerprint density at radius 2 is 1.76 bits per heavy atom. The number of amides is 1. The normalized spacial score (nSPS) is 12.1. The summed E-state index contributed by atoms with van der Waals surface area (Å²) in [5.41, 5.74) is 2.56. The lowest BCUT2D eigenvalue weighted by atomic mass is 10.2. The Labute approximate surface area is 173 Å². The van der Waals surface area contributed by atoms with Crippen LogP contribution in [0.4, 0.5) is 5.69 Å². The third-order valence-corrected chi connectivity index (χ3v) is 5.72. The van der Waals surface area contributed by atoms with Crippen LogP contribution in [0.15, 0.2) is 78.2 Å². The van der Waals surface area contributed by atoms with E-state index in [2.05, 4.69) is 15.1 Å². The molecule has 0 bridgehead atoms.